The van der Waals surface area contributed by atoms with Crippen molar-refractivity contribution in [3.05, 3.63) is 29.3 Å². The molecule has 1 aliphatic heterocycles. The number of hydrogen-bond donors (Lipinski definition) is 1. The van der Waals surface area contributed by atoms with Crippen molar-refractivity contribution in [3.63, 3.8) is 0 Å². The average Bonchev–Trinajstić information content (AvgIpc) is 2.43. The second-order valence-corrected chi connectivity index (χ2v) is 5.74. The van der Waals surface area contributed by atoms with Crippen LogP contribution in [0.1, 0.15) is 30.4 Å². The van der Waals surface area contributed by atoms with Gasteiger partial charge in [0.2, 0.25) is 5.91 Å². The van der Waals surface area contributed by atoms with Gasteiger partial charge in [0.1, 0.15) is 0 Å². The Morgan fingerprint density at radius 1 is 1.29 bits per heavy atom. The fraction of sp³-hybridized carbons (Fsp3) is 0.500. The molecule has 3 rings (SSSR count). The van der Waals surface area contributed by atoms with Crippen LogP contribution in [0, 0.1) is 5.92 Å². The van der Waals surface area contributed by atoms with Crippen LogP contribution in [0.3, 0.4) is 0 Å². The Hall–Kier alpha value is -2.04. The highest BCUT2D eigenvalue weighted by molar-refractivity contribution is 5.93. The molecule has 1 aliphatic carbocycles. The fourth-order valence-electron chi connectivity index (χ4n) is 2.83. The Bertz CT molecular complexity index is 567. The first-order valence-corrected chi connectivity index (χ1v) is 7.43. The van der Waals surface area contributed by atoms with E-state index in [4.69, 9.17) is 4.74 Å². The monoisotopic (exact) mass is 288 g/mol. The molecule has 5 heteroatoms. The van der Waals surface area contributed by atoms with E-state index in [9.17, 15) is 9.59 Å². The Kier molecular flexibility index (Phi) is 3.82. The molecule has 2 aliphatic rings. The summed E-state index contributed by atoms with van der Waals surface area (Å²) in [5.41, 5.74) is 3.13. The number of anilines is 1. The van der Waals surface area contributed by atoms with Gasteiger partial charge in [-0.3, -0.25) is 4.79 Å². The summed E-state index contributed by atoms with van der Waals surface area (Å²) in [5, 5.41) is 2.98. The summed E-state index contributed by atoms with van der Waals surface area (Å²) in [5.74, 6) is 0.287. The number of benzene rings is 1. The minimum Gasteiger partial charge on any atom is -0.453 e. The van der Waals surface area contributed by atoms with Crippen LogP contribution >= 0.6 is 0 Å². The van der Waals surface area contributed by atoms with Crippen LogP contribution in [0.15, 0.2) is 18.2 Å². The molecule has 1 aromatic rings. The molecule has 0 aromatic heterocycles. The molecule has 0 radical (unpaired) electrons. The van der Waals surface area contributed by atoms with E-state index in [-0.39, 0.29) is 17.9 Å². The van der Waals surface area contributed by atoms with E-state index in [0.717, 1.165) is 36.9 Å². The predicted molar refractivity (Wildman–Crippen MR) is 78.9 cm³/mol. The van der Waals surface area contributed by atoms with E-state index in [1.807, 2.05) is 18.2 Å². The molecule has 21 heavy (non-hydrogen) atoms. The lowest BCUT2D eigenvalue weighted by Gasteiger charge is -2.28. The highest BCUT2D eigenvalue weighted by Gasteiger charge is 2.26. The summed E-state index contributed by atoms with van der Waals surface area (Å²) in [7, 11) is 1.40. The third-order valence-electron chi connectivity index (χ3n) is 4.39. The number of carbonyl (C=O) groups excluding carboxylic acids is 2. The largest absolute Gasteiger partial charge is 0.453 e. The number of nitrogens with zero attached hydrogens (tertiary/aromatic N) is 1. The average molecular weight is 288 g/mol. The highest BCUT2D eigenvalue weighted by Crippen LogP contribution is 2.28. The molecule has 0 atom stereocenters. The molecule has 1 saturated carbocycles. The Balaban J connectivity index is 1.71. The first-order valence-electron chi connectivity index (χ1n) is 7.43. The molecule has 0 unspecified atom stereocenters. The number of rotatable bonds is 2. The zero-order chi connectivity index (χ0) is 14.8. The highest BCUT2D eigenvalue weighted by atomic mass is 16.5. The van der Waals surface area contributed by atoms with Crippen LogP contribution < -0.4 is 5.32 Å². The van der Waals surface area contributed by atoms with Gasteiger partial charge in [0, 0.05) is 24.7 Å². The third kappa shape index (κ3) is 2.86. The van der Waals surface area contributed by atoms with E-state index in [0.29, 0.717) is 13.1 Å². The van der Waals surface area contributed by atoms with Crippen LogP contribution in [0.25, 0.3) is 0 Å². The van der Waals surface area contributed by atoms with Gasteiger partial charge in [0.05, 0.1) is 7.11 Å². The minimum atomic E-state index is -0.301. The summed E-state index contributed by atoms with van der Waals surface area (Å²) in [6.45, 7) is 1.21. The molecule has 1 aromatic carbocycles. The lowest BCUT2D eigenvalue weighted by atomic mass is 9.85. The van der Waals surface area contributed by atoms with E-state index in [1.165, 1.54) is 12.7 Å². The van der Waals surface area contributed by atoms with Gasteiger partial charge in [-0.15, -0.1) is 0 Å². The number of methoxy groups -OCH3 is 1. The first kappa shape index (κ1) is 13.9. The zero-order valence-corrected chi connectivity index (χ0v) is 12.2. The summed E-state index contributed by atoms with van der Waals surface area (Å²) >= 11 is 0. The van der Waals surface area contributed by atoms with Crippen LogP contribution in [0.2, 0.25) is 0 Å². The number of carbonyl (C=O) groups is 2. The number of fused-ring (bicyclic) bond motifs is 1. The second-order valence-electron chi connectivity index (χ2n) is 5.74. The maximum atomic E-state index is 12.0. The Morgan fingerprint density at radius 2 is 2.10 bits per heavy atom. The molecular formula is C16H20N2O3. The van der Waals surface area contributed by atoms with Gasteiger partial charge in [-0.05, 0) is 42.5 Å². The smallest absolute Gasteiger partial charge is 0.409 e. The van der Waals surface area contributed by atoms with Crippen LogP contribution in [-0.4, -0.2) is 30.6 Å². The molecule has 5 nitrogen and oxygen atoms in total. The van der Waals surface area contributed by atoms with Crippen molar-refractivity contribution < 1.29 is 14.3 Å². The van der Waals surface area contributed by atoms with Crippen molar-refractivity contribution >= 4 is 17.7 Å². The third-order valence-corrected chi connectivity index (χ3v) is 4.39. The molecular weight excluding hydrogens is 268 g/mol. The number of amides is 2. The summed E-state index contributed by atoms with van der Waals surface area (Å²) in [6.07, 6.45) is 3.65. The SMILES string of the molecule is COC(=O)N1CCc2ccc(NC(=O)C3CCC3)cc2C1. The maximum absolute atomic E-state index is 12.0. The van der Waals surface area contributed by atoms with Crippen molar-refractivity contribution in [2.45, 2.75) is 32.2 Å². The molecule has 1 heterocycles. The molecule has 1 fully saturated rings. The molecule has 0 bridgehead atoms. The van der Waals surface area contributed by atoms with Gasteiger partial charge in [0.25, 0.3) is 0 Å². The van der Waals surface area contributed by atoms with Crippen molar-refractivity contribution in [1.29, 1.82) is 0 Å². The van der Waals surface area contributed by atoms with E-state index < -0.39 is 0 Å². The maximum Gasteiger partial charge on any atom is 0.409 e. The molecule has 1 N–H and O–H groups in total. The quantitative estimate of drug-likeness (QED) is 0.910. The van der Waals surface area contributed by atoms with E-state index >= 15 is 0 Å². The number of hydrogen-bond acceptors (Lipinski definition) is 3. The van der Waals surface area contributed by atoms with Gasteiger partial charge in [0.15, 0.2) is 0 Å². The molecule has 0 spiro atoms. The van der Waals surface area contributed by atoms with Crippen LogP contribution in [0.4, 0.5) is 10.5 Å². The van der Waals surface area contributed by atoms with Crippen molar-refractivity contribution in [2.75, 3.05) is 19.0 Å². The Labute approximate surface area is 124 Å². The Morgan fingerprint density at radius 3 is 2.76 bits per heavy atom. The van der Waals surface area contributed by atoms with Gasteiger partial charge >= 0.3 is 6.09 Å². The number of ether oxygens (including phenoxy) is 1. The van der Waals surface area contributed by atoms with Crippen LogP contribution in [0.5, 0.6) is 0 Å². The van der Waals surface area contributed by atoms with Gasteiger partial charge in [-0.25, -0.2) is 4.79 Å². The van der Waals surface area contributed by atoms with Gasteiger partial charge in [-0.2, -0.15) is 0 Å². The van der Waals surface area contributed by atoms with E-state index in [2.05, 4.69) is 5.32 Å². The molecule has 0 saturated heterocycles. The van der Waals surface area contributed by atoms with Gasteiger partial charge in [-0.1, -0.05) is 12.5 Å². The molecule has 2 amide bonds. The zero-order valence-electron chi connectivity index (χ0n) is 12.2. The van der Waals surface area contributed by atoms with Crippen LogP contribution in [-0.2, 0) is 22.5 Å². The first-order chi connectivity index (χ1) is 10.2. The lowest BCUT2D eigenvalue weighted by Crippen LogP contribution is -2.35. The minimum absolute atomic E-state index is 0.113. The number of nitrogens with one attached hydrogen (secondary N) is 1. The van der Waals surface area contributed by atoms with Crippen molar-refractivity contribution in [1.82, 2.24) is 4.90 Å². The topological polar surface area (TPSA) is 58.6 Å². The predicted octanol–water partition coefficient (Wildman–Crippen LogP) is 2.55. The summed E-state index contributed by atoms with van der Waals surface area (Å²) in [4.78, 5) is 25.3. The molecule has 112 valence electrons. The summed E-state index contributed by atoms with van der Waals surface area (Å²) in [6, 6.07) is 5.96. The van der Waals surface area contributed by atoms with Gasteiger partial charge < -0.3 is 15.0 Å². The lowest BCUT2D eigenvalue weighted by molar-refractivity contribution is -0.122. The second kappa shape index (κ2) is 5.76. The summed E-state index contributed by atoms with van der Waals surface area (Å²) < 4.78 is 4.77. The normalized spacial score (nSPS) is 17.7. The van der Waals surface area contributed by atoms with Crippen molar-refractivity contribution in [3.8, 4) is 0 Å². The van der Waals surface area contributed by atoms with E-state index in [1.54, 1.807) is 4.90 Å². The fourth-order valence-corrected chi connectivity index (χ4v) is 2.83. The standard InChI is InChI=1S/C16H20N2O3/c1-21-16(20)18-8-7-11-5-6-14(9-13(11)10-18)17-15(19)12-3-2-4-12/h5-6,9,12H,2-4,7-8,10H2,1H3,(H,17,19). The van der Waals surface area contributed by atoms with Crippen molar-refractivity contribution in [2.24, 2.45) is 5.92 Å².